The number of anilines is 1. The third-order valence-electron chi connectivity index (χ3n) is 3.43. The number of fused-ring (bicyclic) bond motifs is 2. The van der Waals surface area contributed by atoms with E-state index < -0.39 is 0 Å². The number of hydrogen-bond acceptors (Lipinski definition) is 5. The monoisotopic (exact) mass is 272 g/mol. The van der Waals surface area contributed by atoms with Gasteiger partial charge in [-0.1, -0.05) is 6.07 Å². The van der Waals surface area contributed by atoms with Gasteiger partial charge in [0.1, 0.15) is 11.3 Å². The van der Waals surface area contributed by atoms with E-state index in [4.69, 9.17) is 15.6 Å². The van der Waals surface area contributed by atoms with E-state index in [1.54, 1.807) is 11.8 Å². The van der Waals surface area contributed by atoms with Gasteiger partial charge >= 0.3 is 0 Å². The molecular formula is C14H16N4O2. The maximum absolute atomic E-state index is 9.09. The zero-order chi connectivity index (χ0) is 14.3. The number of aryl methyl sites for hydroxylation is 1. The zero-order valence-corrected chi connectivity index (χ0v) is 11.4. The van der Waals surface area contributed by atoms with E-state index in [1.165, 1.54) is 0 Å². The Kier molecular flexibility index (Phi) is 2.94. The maximum Gasteiger partial charge on any atom is 0.160 e. The molecule has 0 aliphatic rings. The number of methoxy groups -OCH3 is 1. The first-order chi connectivity index (χ1) is 9.65. The van der Waals surface area contributed by atoms with Crippen LogP contribution in [0.15, 0.2) is 18.2 Å². The quantitative estimate of drug-likeness (QED) is 0.754. The van der Waals surface area contributed by atoms with Crippen LogP contribution in [0.3, 0.4) is 0 Å². The van der Waals surface area contributed by atoms with Gasteiger partial charge < -0.3 is 15.6 Å². The normalized spacial score (nSPS) is 11.3. The summed E-state index contributed by atoms with van der Waals surface area (Å²) in [7, 11) is 1.62. The minimum absolute atomic E-state index is 0.0130. The molecule has 20 heavy (non-hydrogen) atoms. The molecular weight excluding hydrogens is 256 g/mol. The highest BCUT2D eigenvalue weighted by atomic mass is 16.5. The molecule has 104 valence electrons. The van der Waals surface area contributed by atoms with Gasteiger partial charge in [-0.25, -0.2) is 9.67 Å². The molecule has 3 rings (SSSR count). The second-order valence-electron chi connectivity index (χ2n) is 4.67. The van der Waals surface area contributed by atoms with Crippen LogP contribution in [0.25, 0.3) is 21.9 Å². The van der Waals surface area contributed by atoms with Gasteiger partial charge in [-0.2, -0.15) is 5.10 Å². The number of nitrogens with two attached hydrogens (primary N) is 1. The Labute approximate surface area is 115 Å². The number of nitrogen functional groups attached to an aromatic ring is 1. The van der Waals surface area contributed by atoms with E-state index >= 15 is 0 Å². The summed E-state index contributed by atoms with van der Waals surface area (Å²) >= 11 is 0. The van der Waals surface area contributed by atoms with Crippen LogP contribution in [0.1, 0.15) is 5.56 Å². The minimum atomic E-state index is -0.0130. The largest absolute Gasteiger partial charge is 0.494 e. The molecule has 0 bridgehead atoms. The molecule has 0 saturated carbocycles. The number of pyridine rings is 1. The highest BCUT2D eigenvalue weighted by Gasteiger charge is 2.14. The van der Waals surface area contributed by atoms with E-state index in [1.807, 2.05) is 25.1 Å². The van der Waals surface area contributed by atoms with Gasteiger partial charge in [0.2, 0.25) is 0 Å². The predicted octanol–water partition coefficient (Wildman–Crippen LogP) is 1.48. The van der Waals surface area contributed by atoms with Crippen molar-refractivity contribution in [2.75, 3.05) is 19.5 Å². The van der Waals surface area contributed by atoms with Crippen LogP contribution < -0.4 is 10.5 Å². The van der Waals surface area contributed by atoms with Gasteiger partial charge in [-0.15, -0.1) is 0 Å². The number of nitrogens with zero attached hydrogens (tertiary/aromatic N) is 3. The van der Waals surface area contributed by atoms with Gasteiger partial charge in [-0.3, -0.25) is 0 Å². The molecule has 2 aromatic heterocycles. The average Bonchev–Trinajstić information content (AvgIpc) is 2.75. The van der Waals surface area contributed by atoms with Crippen LogP contribution in [0, 0.1) is 6.92 Å². The van der Waals surface area contributed by atoms with Gasteiger partial charge in [0.05, 0.1) is 25.6 Å². The van der Waals surface area contributed by atoms with Crippen molar-refractivity contribution in [1.82, 2.24) is 14.8 Å². The smallest absolute Gasteiger partial charge is 0.160 e. The molecule has 6 heteroatoms. The van der Waals surface area contributed by atoms with Crippen molar-refractivity contribution in [3.8, 4) is 5.75 Å². The molecule has 0 saturated heterocycles. The van der Waals surface area contributed by atoms with E-state index in [2.05, 4.69) is 10.1 Å². The molecule has 0 aliphatic heterocycles. The van der Waals surface area contributed by atoms with E-state index in [-0.39, 0.29) is 6.61 Å². The van der Waals surface area contributed by atoms with Crippen molar-refractivity contribution in [2.45, 2.75) is 13.5 Å². The van der Waals surface area contributed by atoms with Crippen LogP contribution >= 0.6 is 0 Å². The third-order valence-corrected chi connectivity index (χ3v) is 3.43. The van der Waals surface area contributed by atoms with Crippen LogP contribution in [0.5, 0.6) is 5.75 Å². The van der Waals surface area contributed by atoms with E-state index in [0.29, 0.717) is 23.8 Å². The lowest BCUT2D eigenvalue weighted by atomic mass is 10.1. The lowest BCUT2D eigenvalue weighted by Gasteiger charge is -2.08. The zero-order valence-electron chi connectivity index (χ0n) is 11.4. The summed E-state index contributed by atoms with van der Waals surface area (Å²) in [4.78, 5) is 4.63. The van der Waals surface area contributed by atoms with Gasteiger partial charge in [0.25, 0.3) is 0 Å². The summed E-state index contributed by atoms with van der Waals surface area (Å²) in [5.74, 6) is 1.13. The Balaban J connectivity index is 2.41. The summed E-state index contributed by atoms with van der Waals surface area (Å²) in [5, 5.41) is 15.1. The van der Waals surface area contributed by atoms with Crippen LogP contribution in [0.2, 0.25) is 0 Å². The number of rotatable bonds is 3. The first-order valence-electron chi connectivity index (χ1n) is 6.37. The fourth-order valence-electron chi connectivity index (χ4n) is 2.39. The fraction of sp³-hybridized carbons (Fsp3) is 0.286. The standard InChI is InChI=1S/C14H16N4O2/c1-8-3-4-11(20-2)12-9(8)7-10-13(15)17-18(5-6-19)14(10)16-12/h3-4,7,19H,5-6H2,1-2H3,(H2,15,17). The average molecular weight is 272 g/mol. The molecule has 2 heterocycles. The Bertz CT molecular complexity index is 795. The lowest BCUT2D eigenvalue weighted by molar-refractivity contribution is 0.271. The highest BCUT2D eigenvalue weighted by Crippen LogP contribution is 2.31. The molecule has 6 nitrogen and oxygen atoms in total. The molecule has 0 aliphatic carbocycles. The second-order valence-corrected chi connectivity index (χ2v) is 4.67. The van der Waals surface area contributed by atoms with E-state index in [0.717, 1.165) is 21.9 Å². The molecule has 1 aromatic carbocycles. The Morgan fingerprint density at radius 3 is 2.85 bits per heavy atom. The summed E-state index contributed by atoms with van der Waals surface area (Å²) in [6, 6.07) is 5.86. The third kappa shape index (κ3) is 1.77. The van der Waals surface area contributed by atoms with Crippen LogP contribution in [-0.4, -0.2) is 33.6 Å². The number of benzene rings is 1. The molecule has 3 aromatic rings. The Morgan fingerprint density at radius 1 is 1.35 bits per heavy atom. The van der Waals surface area contributed by atoms with Gasteiger partial charge in [0, 0.05) is 5.39 Å². The number of aliphatic hydroxyl groups is 1. The first-order valence-corrected chi connectivity index (χ1v) is 6.37. The predicted molar refractivity (Wildman–Crippen MR) is 77.8 cm³/mol. The van der Waals surface area contributed by atoms with Crippen molar-refractivity contribution < 1.29 is 9.84 Å². The van der Waals surface area contributed by atoms with Crippen LogP contribution in [0.4, 0.5) is 5.82 Å². The minimum Gasteiger partial charge on any atom is -0.494 e. The molecule has 0 fully saturated rings. The van der Waals surface area contributed by atoms with Crippen molar-refractivity contribution in [3.63, 3.8) is 0 Å². The van der Waals surface area contributed by atoms with Crippen molar-refractivity contribution in [3.05, 3.63) is 23.8 Å². The molecule has 3 N–H and O–H groups in total. The number of aliphatic hydroxyl groups excluding tert-OH is 1. The molecule has 0 atom stereocenters. The maximum atomic E-state index is 9.09. The van der Waals surface area contributed by atoms with Gasteiger partial charge in [0.15, 0.2) is 11.5 Å². The van der Waals surface area contributed by atoms with E-state index in [9.17, 15) is 0 Å². The van der Waals surface area contributed by atoms with Crippen molar-refractivity contribution >= 4 is 27.8 Å². The van der Waals surface area contributed by atoms with Crippen LogP contribution in [-0.2, 0) is 6.54 Å². The summed E-state index contributed by atoms with van der Waals surface area (Å²) in [5.41, 5.74) is 8.47. The number of hydrogen-bond donors (Lipinski definition) is 2. The Morgan fingerprint density at radius 2 is 2.15 bits per heavy atom. The summed E-state index contributed by atoms with van der Waals surface area (Å²) in [6.45, 7) is 2.37. The molecule has 0 unspecified atom stereocenters. The van der Waals surface area contributed by atoms with Crippen molar-refractivity contribution in [2.24, 2.45) is 0 Å². The Hall–Kier alpha value is -2.34. The molecule has 0 spiro atoms. The summed E-state index contributed by atoms with van der Waals surface area (Å²) < 4.78 is 6.98. The lowest BCUT2D eigenvalue weighted by Crippen LogP contribution is -2.05. The first kappa shape index (κ1) is 12.7. The fourth-order valence-corrected chi connectivity index (χ4v) is 2.39. The highest BCUT2D eigenvalue weighted by molar-refractivity contribution is 5.99. The van der Waals surface area contributed by atoms with Gasteiger partial charge in [-0.05, 0) is 24.6 Å². The second kappa shape index (κ2) is 4.64. The number of aromatic nitrogens is 3. The topological polar surface area (TPSA) is 86.2 Å². The number of ether oxygens (including phenoxy) is 1. The summed E-state index contributed by atoms with van der Waals surface area (Å²) in [6.07, 6.45) is 0. The molecule has 0 amide bonds. The SMILES string of the molecule is COc1ccc(C)c2cc3c(N)nn(CCO)c3nc12. The molecule has 0 radical (unpaired) electrons. The van der Waals surface area contributed by atoms with Crippen molar-refractivity contribution in [1.29, 1.82) is 0 Å².